The molecule has 0 saturated carbocycles. The number of methoxy groups -OCH3 is 1. The fourth-order valence-electron chi connectivity index (χ4n) is 3.19. The van der Waals surface area contributed by atoms with Gasteiger partial charge in [-0.15, -0.1) is 0 Å². The molecule has 104 valence electrons. The van der Waals surface area contributed by atoms with Gasteiger partial charge in [0.05, 0.1) is 7.11 Å². The Morgan fingerprint density at radius 3 is 2.63 bits per heavy atom. The van der Waals surface area contributed by atoms with Crippen LogP contribution in [-0.2, 0) is 16.1 Å². The molecule has 0 bridgehead atoms. The molecular formula is C16H23NO2. The van der Waals surface area contributed by atoms with Gasteiger partial charge in [-0.25, -0.2) is 0 Å². The van der Waals surface area contributed by atoms with Crippen LogP contribution in [0, 0.1) is 11.8 Å². The van der Waals surface area contributed by atoms with Crippen LogP contribution in [0.3, 0.4) is 0 Å². The minimum Gasteiger partial charge on any atom is -0.468 e. The van der Waals surface area contributed by atoms with E-state index in [9.17, 15) is 4.79 Å². The fraction of sp³-hybridized carbons (Fsp3) is 0.562. The summed E-state index contributed by atoms with van der Waals surface area (Å²) in [5, 5.41) is 0. The summed E-state index contributed by atoms with van der Waals surface area (Å²) in [4.78, 5) is 14.3. The van der Waals surface area contributed by atoms with E-state index in [-0.39, 0.29) is 12.0 Å². The Balaban J connectivity index is 2.15. The summed E-state index contributed by atoms with van der Waals surface area (Å²) < 4.78 is 4.98. The third-order valence-electron chi connectivity index (χ3n) is 3.92. The maximum atomic E-state index is 12.0. The third kappa shape index (κ3) is 3.35. The van der Waals surface area contributed by atoms with Gasteiger partial charge in [0.15, 0.2) is 0 Å². The molecule has 1 fully saturated rings. The van der Waals surface area contributed by atoms with E-state index in [0.717, 1.165) is 19.5 Å². The van der Waals surface area contributed by atoms with E-state index >= 15 is 0 Å². The lowest BCUT2D eigenvalue weighted by Crippen LogP contribution is -2.51. The molecule has 19 heavy (non-hydrogen) atoms. The monoisotopic (exact) mass is 261 g/mol. The average molecular weight is 261 g/mol. The van der Waals surface area contributed by atoms with Crippen molar-refractivity contribution in [2.75, 3.05) is 13.7 Å². The number of rotatable bonds is 3. The SMILES string of the molecule is COC(=O)[C@H]1[C@@H](C)C[C@H](C)CN1Cc1ccccc1. The molecule has 0 aliphatic carbocycles. The summed E-state index contributed by atoms with van der Waals surface area (Å²) in [6, 6.07) is 10.2. The highest BCUT2D eigenvalue weighted by Gasteiger charge is 2.37. The van der Waals surface area contributed by atoms with Crippen LogP contribution in [0.4, 0.5) is 0 Å². The van der Waals surface area contributed by atoms with E-state index < -0.39 is 0 Å². The Bertz CT molecular complexity index is 418. The minimum absolute atomic E-state index is 0.102. The van der Waals surface area contributed by atoms with Crippen LogP contribution in [0.1, 0.15) is 25.8 Å². The van der Waals surface area contributed by atoms with E-state index in [1.54, 1.807) is 0 Å². The molecule has 1 aromatic rings. The molecular weight excluding hydrogens is 238 g/mol. The van der Waals surface area contributed by atoms with Crippen molar-refractivity contribution in [1.29, 1.82) is 0 Å². The van der Waals surface area contributed by atoms with Crippen LogP contribution in [0.15, 0.2) is 30.3 Å². The summed E-state index contributed by atoms with van der Waals surface area (Å²) in [6.45, 7) is 6.17. The number of nitrogens with zero attached hydrogens (tertiary/aromatic N) is 1. The lowest BCUT2D eigenvalue weighted by Gasteiger charge is -2.41. The zero-order chi connectivity index (χ0) is 13.8. The van der Waals surface area contributed by atoms with Crippen molar-refractivity contribution in [2.45, 2.75) is 32.9 Å². The Hall–Kier alpha value is -1.35. The predicted molar refractivity (Wildman–Crippen MR) is 75.6 cm³/mol. The number of hydrogen-bond acceptors (Lipinski definition) is 3. The number of carbonyl (C=O) groups is 1. The molecule has 1 saturated heterocycles. The molecule has 0 radical (unpaired) electrons. The summed E-state index contributed by atoms with van der Waals surface area (Å²) in [5.41, 5.74) is 1.25. The Kier molecular flexibility index (Phi) is 4.59. The molecule has 0 aromatic heterocycles. The van der Waals surface area contributed by atoms with Crippen LogP contribution in [0.25, 0.3) is 0 Å². The second kappa shape index (κ2) is 6.20. The van der Waals surface area contributed by atoms with Gasteiger partial charge in [0.1, 0.15) is 6.04 Å². The highest BCUT2D eigenvalue weighted by atomic mass is 16.5. The molecule has 1 aromatic carbocycles. The average Bonchev–Trinajstić information content (AvgIpc) is 2.38. The molecule has 3 heteroatoms. The first-order chi connectivity index (χ1) is 9.11. The van der Waals surface area contributed by atoms with Gasteiger partial charge in [0.2, 0.25) is 0 Å². The topological polar surface area (TPSA) is 29.5 Å². The normalized spacial score (nSPS) is 28.1. The van der Waals surface area contributed by atoms with Crippen LogP contribution in [-0.4, -0.2) is 30.6 Å². The third-order valence-corrected chi connectivity index (χ3v) is 3.92. The van der Waals surface area contributed by atoms with Crippen molar-refractivity contribution >= 4 is 5.97 Å². The number of esters is 1. The predicted octanol–water partition coefficient (Wildman–Crippen LogP) is 2.71. The Morgan fingerprint density at radius 2 is 2.00 bits per heavy atom. The van der Waals surface area contributed by atoms with Crippen molar-refractivity contribution in [1.82, 2.24) is 4.90 Å². The largest absolute Gasteiger partial charge is 0.468 e. The number of likely N-dealkylation sites (tertiary alicyclic amines) is 1. The summed E-state index contributed by atoms with van der Waals surface area (Å²) >= 11 is 0. The van der Waals surface area contributed by atoms with Crippen LogP contribution in [0.5, 0.6) is 0 Å². The van der Waals surface area contributed by atoms with Crippen molar-refractivity contribution in [2.24, 2.45) is 11.8 Å². The maximum absolute atomic E-state index is 12.0. The molecule has 0 spiro atoms. The molecule has 0 amide bonds. The van der Waals surface area contributed by atoms with Crippen molar-refractivity contribution in [3.05, 3.63) is 35.9 Å². The van der Waals surface area contributed by atoms with Gasteiger partial charge in [-0.2, -0.15) is 0 Å². The lowest BCUT2D eigenvalue weighted by molar-refractivity contribution is -0.151. The van der Waals surface area contributed by atoms with Gasteiger partial charge in [0, 0.05) is 13.1 Å². The quantitative estimate of drug-likeness (QED) is 0.784. The summed E-state index contributed by atoms with van der Waals surface area (Å²) in [6.07, 6.45) is 1.09. The summed E-state index contributed by atoms with van der Waals surface area (Å²) in [7, 11) is 1.48. The first-order valence-corrected chi connectivity index (χ1v) is 6.97. The zero-order valence-corrected chi connectivity index (χ0v) is 12.0. The molecule has 1 aliphatic rings. The van der Waals surface area contributed by atoms with Gasteiger partial charge in [-0.1, -0.05) is 44.2 Å². The van der Waals surface area contributed by atoms with Crippen molar-refractivity contribution < 1.29 is 9.53 Å². The van der Waals surface area contributed by atoms with Gasteiger partial charge < -0.3 is 4.74 Å². The van der Waals surface area contributed by atoms with E-state index in [2.05, 4.69) is 30.9 Å². The molecule has 0 N–H and O–H groups in total. The standard InChI is InChI=1S/C16H23NO2/c1-12-9-13(2)15(16(18)19-3)17(10-12)11-14-7-5-4-6-8-14/h4-8,12-13,15H,9-11H2,1-3H3/t12-,13-,15+/m0/s1. The first kappa shape index (κ1) is 14.1. The smallest absolute Gasteiger partial charge is 0.323 e. The van der Waals surface area contributed by atoms with Gasteiger partial charge in [-0.3, -0.25) is 9.69 Å². The fourth-order valence-corrected chi connectivity index (χ4v) is 3.19. The second-order valence-electron chi connectivity index (χ2n) is 5.70. The molecule has 1 heterocycles. The van der Waals surface area contributed by atoms with Gasteiger partial charge in [-0.05, 0) is 23.8 Å². The number of hydrogen-bond donors (Lipinski definition) is 0. The van der Waals surface area contributed by atoms with E-state index in [1.165, 1.54) is 12.7 Å². The van der Waals surface area contributed by atoms with Crippen molar-refractivity contribution in [3.8, 4) is 0 Å². The minimum atomic E-state index is -0.110. The highest BCUT2D eigenvalue weighted by Crippen LogP contribution is 2.29. The number of carbonyl (C=O) groups excluding carboxylic acids is 1. The Labute approximate surface area is 115 Å². The highest BCUT2D eigenvalue weighted by molar-refractivity contribution is 5.76. The van der Waals surface area contributed by atoms with Crippen LogP contribution < -0.4 is 0 Å². The van der Waals surface area contributed by atoms with E-state index in [0.29, 0.717) is 11.8 Å². The van der Waals surface area contributed by atoms with Crippen LogP contribution in [0.2, 0.25) is 0 Å². The summed E-state index contributed by atoms with van der Waals surface area (Å²) in [5.74, 6) is 0.870. The van der Waals surface area contributed by atoms with Crippen LogP contribution >= 0.6 is 0 Å². The maximum Gasteiger partial charge on any atom is 0.323 e. The Morgan fingerprint density at radius 1 is 1.32 bits per heavy atom. The molecule has 2 rings (SSSR count). The number of piperidine rings is 1. The molecule has 3 atom stereocenters. The van der Waals surface area contributed by atoms with Crippen molar-refractivity contribution in [3.63, 3.8) is 0 Å². The second-order valence-corrected chi connectivity index (χ2v) is 5.70. The number of benzene rings is 1. The van der Waals surface area contributed by atoms with Gasteiger partial charge in [0.25, 0.3) is 0 Å². The van der Waals surface area contributed by atoms with Gasteiger partial charge >= 0.3 is 5.97 Å². The van der Waals surface area contributed by atoms with E-state index in [4.69, 9.17) is 4.74 Å². The zero-order valence-electron chi connectivity index (χ0n) is 12.0. The lowest BCUT2D eigenvalue weighted by atomic mass is 9.85. The number of ether oxygens (including phenoxy) is 1. The molecule has 1 aliphatic heterocycles. The van der Waals surface area contributed by atoms with E-state index in [1.807, 2.05) is 18.2 Å². The molecule has 0 unspecified atom stereocenters. The first-order valence-electron chi connectivity index (χ1n) is 6.97. The molecule has 3 nitrogen and oxygen atoms in total.